The van der Waals surface area contributed by atoms with Gasteiger partial charge in [0.2, 0.25) is 0 Å². The van der Waals surface area contributed by atoms with Crippen molar-refractivity contribution in [2.45, 2.75) is 13.3 Å². The van der Waals surface area contributed by atoms with Crippen molar-refractivity contribution in [2.75, 3.05) is 6.61 Å². The minimum Gasteiger partial charge on any atom is -0.484 e. The molecule has 0 aliphatic rings. The second-order valence-corrected chi connectivity index (χ2v) is 6.40. The van der Waals surface area contributed by atoms with E-state index in [1.54, 1.807) is 12.1 Å². The van der Waals surface area contributed by atoms with Crippen LogP contribution in [-0.2, 0) is 11.2 Å². The first-order chi connectivity index (χ1) is 14.7. The summed E-state index contributed by atoms with van der Waals surface area (Å²) in [7, 11) is 0. The molecule has 0 bridgehead atoms. The lowest BCUT2D eigenvalue weighted by atomic mass is 10.1. The van der Waals surface area contributed by atoms with E-state index in [-0.39, 0.29) is 17.3 Å². The maximum Gasteiger partial charge on any atom is 0.277 e. The molecule has 31 heavy (non-hydrogen) atoms. The molecule has 13 heteroatoms. The molecule has 2 aromatic carbocycles. The van der Waals surface area contributed by atoms with Crippen LogP contribution in [0.5, 0.6) is 5.75 Å². The van der Waals surface area contributed by atoms with Crippen LogP contribution in [0.15, 0.2) is 42.5 Å². The Kier molecular flexibility index (Phi) is 7.91. The first-order valence-electron chi connectivity index (χ1n) is 8.75. The summed E-state index contributed by atoms with van der Waals surface area (Å²) >= 11 is 4.86. The Morgan fingerprint density at radius 1 is 1.00 bits per heavy atom. The molecule has 162 valence electrons. The number of thiocarbonyl (C=S) groups is 1. The van der Waals surface area contributed by atoms with Gasteiger partial charge in [-0.1, -0.05) is 19.1 Å². The zero-order chi connectivity index (χ0) is 23.0. The molecule has 2 rings (SSSR count). The Labute approximate surface area is 180 Å². The molecule has 0 saturated carbocycles. The molecule has 0 aliphatic carbocycles. The summed E-state index contributed by atoms with van der Waals surface area (Å²) < 4.78 is 5.31. The van der Waals surface area contributed by atoms with Gasteiger partial charge >= 0.3 is 0 Å². The van der Waals surface area contributed by atoms with Crippen LogP contribution in [0.1, 0.15) is 22.8 Å². The van der Waals surface area contributed by atoms with Gasteiger partial charge in [0.1, 0.15) is 5.75 Å². The van der Waals surface area contributed by atoms with Crippen molar-refractivity contribution in [1.82, 2.24) is 16.2 Å². The highest BCUT2D eigenvalue weighted by Crippen LogP contribution is 2.22. The molecule has 0 aliphatic heterocycles. The summed E-state index contributed by atoms with van der Waals surface area (Å²) in [6.45, 7) is 1.68. The third-order valence-corrected chi connectivity index (χ3v) is 4.03. The van der Waals surface area contributed by atoms with E-state index in [1.165, 1.54) is 0 Å². The normalized spacial score (nSPS) is 9.97. The van der Waals surface area contributed by atoms with Gasteiger partial charge < -0.3 is 4.74 Å². The molecule has 2 aromatic rings. The highest BCUT2D eigenvalue weighted by atomic mass is 32.1. The van der Waals surface area contributed by atoms with E-state index in [1.807, 2.05) is 19.1 Å². The fourth-order valence-corrected chi connectivity index (χ4v) is 2.42. The van der Waals surface area contributed by atoms with Crippen LogP contribution in [0.4, 0.5) is 11.4 Å². The number of nitrogens with one attached hydrogen (secondary N) is 3. The molecule has 3 N–H and O–H groups in total. The smallest absolute Gasteiger partial charge is 0.277 e. The molecule has 0 unspecified atom stereocenters. The van der Waals surface area contributed by atoms with Gasteiger partial charge in [0.05, 0.1) is 21.5 Å². The number of hydrazine groups is 1. The maximum absolute atomic E-state index is 12.2. The van der Waals surface area contributed by atoms with Gasteiger partial charge in [-0.15, -0.1) is 0 Å². The lowest BCUT2D eigenvalue weighted by Crippen LogP contribution is -2.49. The fourth-order valence-electron chi connectivity index (χ4n) is 2.28. The Morgan fingerprint density at radius 2 is 1.58 bits per heavy atom. The van der Waals surface area contributed by atoms with Gasteiger partial charge in [0.15, 0.2) is 11.7 Å². The van der Waals surface area contributed by atoms with E-state index in [0.717, 1.165) is 30.2 Å². The van der Waals surface area contributed by atoms with Crippen molar-refractivity contribution in [2.24, 2.45) is 0 Å². The molecule has 0 spiro atoms. The Balaban J connectivity index is 1.87. The standard InChI is InChI=1S/C18H17N5O7S/c1-2-11-3-5-15(6-4-11)30-10-16(24)20-21-18(31)19-17(25)12-7-13(22(26)27)9-14(8-12)23(28)29/h3-9H,2,10H2,1H3,(H,20,24)(H2,19,21,25,31). The summed E-state index contributed by atoms with van der Waals surface area (Å²) in [5, 5.41) is 23.6. The van der Waals surface area contributed by atoms with Gasteiger partial charge in [-0.2, -0.15) is 0 Å². The van der Waals surface area contributed by atoms with Crippen molar-refractivity contribution < 1.29 is 24.2 Å². The van der Waals surface area contributed by atoms with Gasteiger partial charge in [-0.3, -0.25) is 46.0 Å². The SMILES string of the molecule is CCc1ccc(OCC(=O)NNC(=S)NC(=O)c2cc([N+](=O)[O-])cc([N+](=O)[O-])c2)cc1. The minimum atomic E-state index is -0.939. The number of nitro groups is 2. The number of hydrogen-bond acceptors (Lipinski definition) is 8. The van der Waals surface area contributed by atoms with Crippen LogP contribution < -0.4 is 20.9 Å². The highest BCUT2D eigenvalue weighted by molar-refractivity contribution is 7.80. The molecule has 2 amide bonds. The maximum atomic E-state index is 12.2. The summed E-state index contributed by atoms with van der Waals surface area (Å²) in [4.78, 5) is 44.1. The number of nitro benzene ring substituents is 2. The average molecular weight is 447 g/mol. The Morgan fingerprint density at radius 3 is 2.10 bits per heavy atom. The van der Waals surface area contributed by atoms with Crippen LogP contribution in [0.2, 0.25) is 0 Å². The third kappa shape index (κ3) is 7.01. The quantitative estimate of drug-likeness (QED) is 0.326. The molecule has 0 atom stereocenters. The zero-order valence-electron chi connectivity index (χ0n) is 16.1. The van der Waals surface area contributed by atoms with Crippen LogP contribution >= 0.6 is 12.2 Å². The van der Waals surface area contributed by atoms with Crippen molar-refractivity contribution in [3.63, 3.8) is 0 Å². The second kappa shape index (κ2) is 10.6. The summed E-state index contributed by atoms with van der Waals surface area (Å²) in [6.07, 6.45) is 0.873. The van der Waals surface area contributed by atoms with Gasteiger partial charge in [-0.05, 0) is 36.3 Å². The minimum absolute atomic E-state index is 0.327. The van der Waals surface area contributed by atoms with E-state index in [2.05, 4.69) is 16.2 Å². The molecule has 0 heterocycles. The fraction of sp³-hybridized carbons (Fsp3) is 0.167. The number of ether oxygens (including phenoxy) is 1. The van der Waals surface area contributed by atoms with E-state index in [0.29, 0.717) is 5.75 Å². The number of carbonyl (C=O) groups is 2. The Bertz CT molecular complexity index is 994. The second-order valence-electron chi connectivity index (χ2n) is 5.99. The monoisotopic (exact) mass is 447 g/mol. The summed E-state index contributed by atoms with van der Waals surface area (Å²) in [6, 6.07) is 9.64. The van der Waals surface area contributed by atoms with Gasteiger partial charge in [-0.25, -0.2) is 0 Å². The summed E-state index contributed by atoms with van der Waals surface area (Å²) in [5.41, 5.74) is 3.98. The summed E-state index contributed by atoms with van der Waals surface area (Å²) in [5.74, 6) is -1.04. The molecule has 0 fully saturated rings. The number of non-ortho nitro benzene ring substituents is 2. The number of hydrogen-bond donors (Lipinski definition) is 3. The predicted octanol–water partition coefficient (Wildman–Crippen LogP) is 1.78. The number of carbonyl (C=O) groups excluding carboxylic acids is 2. The van der Waals surface area contributed by atoms with Crippen LogP contribution in [0, 0.1) is 20.2 Å². The first-order valence-corrected chi connectivity index (χ1v) is 9.16. The van der Waals surface area contributed by atoms with Gasteiger partial charge in [0, 0.05) is 12.1 Å². The van der Waals surface area contributed by atoms with Crippen molar-refractivity contribution in [3.8, 4) is 5.75 Å². The first kappa shape index (κ1) is 23.2. The van der Waals surface area contributed by atoms with Crippen LogP contribution in [0.3, 0.4) is 0 Å². The lowest BCUT2D eigenvalue weighted by Gasteiger charge is -2.11. The third-order valence-electron chi connectivity index (χ3n) is 3.83. The number of amides is 2. The van der Waals surface area contributed by atoms with Crippen LogP contribution in [-0.4, -0.2) is 33.4 Å². The van der Waals surface area contributed by atoms with E-state index in [9.17, 15) is 29.8 Å². The molecule has 0 aromatic heterocycles. The largest absolute Gasteiger partial charge is 0.484 e. The van der Waals surface area contributed by atoms with Crippen molar-refractivity contribution >= 4 is 40.5 Å². The van der Waals surface area contributed by atoms with Crippen molar-refractivity contribution in [1.29, 1.82) is 0 Å². The molecule has 12 nitrogen and oxygen atoms in total. The van der Waals surface area contributed by atoms with E-state index in [4.69, 9.17) is 17.0 Å². The number of rotatable bonds is 7. The number of aryl methyl sites for hydroxylation is 1. The average Bonchev–Trinajstić information content (AvgIpc) is 2.76. The predicted molar refractivity (Wildman–Crippen MR) is 112 cm³/mol. The molecule has 0 radical (unpaired) electrons. The molecule has 0 saturated heterocycles. The van der Waals surface area contributed by atoms with Gasteiger partial charge in [0.25, 0.3) is 23.2 Å². The van der Waals surface area contributed by atoms with Crippen LogP contribution in [0.25, 0.3) is 0 Å². The molecular weight excluding hydrogens is 430 g/mol. The zero-order valence-corrected chi connectivity index (χ0v) is 16.9. The highest BCUT2D eigenvalue weighted by Gasteiger charge is 2.20. The topological polar surface area (TPSA) is 166 Å². The molecular formula is C18H17N5O7S. The Hall–Kier alpha value is -4.13. The lowest BCUT2D eigenvalue weighted by molar-refractivity contribution is -0.394. The number of benzene rings is 2. The van der Waals surface area contributed by atoms with Crippen molar-refractivity contribution in [3.05, 3.63) is 73.8 Å². The van der Waals surface area contributed by atoms with E-state index < -0.39 is 33.0 Å². The number of nitrogens with zero attached hydrogens (tertiary/aromatic N) is 2. The van der Waals surface area contributed by atoms with E-state index >= 15 is 0 Å².